The molecule has 7 nitrogen and oxygen atoms in total. The summed E-state index contributed by atoms with van der Waals surface area (Å²) in [4.78, 5) is 39.7. The third-order valence-electron chi connectivity index (χ3n) is 4.78. The second-order valence-electron chi connectivity index (χ2n) is 7.19. The number of thiophene rings is 1. The van der Waals surface area contributed by atoms with Gasteiger partial charge in [0, 0.05) is 4.88 Å². The van der Waals surface area contributed by atoms with Crippen molar-refractivity contribution in [1.29, 1.82) is 0 Å². The van der Waals surface area contributed by atoms with Gasteiger partial charge in [-0.05, 0) is 30.7 Å². The SMILES string of the molecule is C[C@@H]1CCc2sc3c(c2C1)c(=O)n(CC(=O)[O-])c(=O)n3CC[NH+](C)C. The molecule has 2 heterocycles. The van der Waals surface area contributed by atoms with E-state index >= 15 is 0 Å². The average molecular weight is 365 g/mol. The molecular formula is C17H23N3O4S. The second-order valence-corrected chi connectivity index (χ2v) is 8.27. The summed E-state index contributed by atoms with van der Waals surface area (Å²) in [7, 11) is 3.97. The maximum Gasteiger partial charge on any atom is 0.332 e. The van der Waals surface area contributed by atoms with E-state index in [2.05, 4.69) is 6.92 Å². The zero-order valence-corrected chi connectivity index (χ0v) is 15.6. The van der Waals surface area contributed by atoms with Gasteiger partial charge in [0.1, 0.15) is 4.83 Å². The number of aliphatic carboxylic acids is 1. The molecule has 0 aliphatic heterocycles. The van der Waals surface area contributed by atoms with Crippen molar-refractivity contribution in [3.8, 4) is 0 Å². The zero-order valence-electron chi connectivity index (χ0n) is 14.8. The van der Waals surface area contributed by atoms with Crippen LogP contribution in [-0.4, -0.2) is 35.7 Å². The number of likely N-dealkylation sites (N-methyl/N-ethyl adjacent to an activating group) is 1. The van der Waals surface area contributed by atoms with Crippen molar-refractivity contribution in [3.05, 3.63) is 31.3 Å². The number of aryl methyl sites for hydroxylation is 1. The summed E-state index contributed by atoms with van der Waals surface area (Å²) in [6, 6.07) is 0. The molecule has 0 unspecified atom stereocenters. The molecule has 0 radical (unpaired) electrons. The molecular weight excluding hydrogens is 342 g/mol. The minimum Gasteiger partial charge on any atom is -0.548 e. The van der Waals surface area contributed by atoms with E-state index in [1.165, 1.54) is 16.2 Å². The van der Waals surface area contributed by atoms with Crippen LogP contribution >= 0.6 is 11.3 Å². The summed E-state index contributed by atoms with van der Waals surface area (Å²) >= 11 is 1.51. The van der Waals surface area contributed by atoms with Crippen molar-refractivity contribution in [3.63, 3.8) is 0 Å². The molecule has 1 N–H and O–H groups in total. The molecule has 25 heavy (non-hydrogen) atoms. The largest absolute Gasteiger partial charge is 0.548 e. The predicted octanol–water partition coefficient (Wildman–Crippen LogP) is -1.76. The molecule has 0 bridgehead atoms. The fourth-order valence-corrected chi connectivity index (χ4v) is 4.76. The maximum atomic E-state index is 12.9. The number of hydrogen-bond donors (Lipinski definition) is 1. The first-order valence-corrected chi connectivity index (χ1v) is 9.38. The van der Waals surface area contributed by atoms with E-state index in [1.54, 1.807) is 4.57 Å². The molecule has 2 aromatic heterocycles. The first-order valence-electron chi connectivity index (χ1n) is 8.56. The second kappa shape index (κ2) is 6.76. The Morgan fingerprint density at radius 3 is 2.68 bits per heavy atom. The number of fused-ring (bicyclic) bond motifs is 3. The van der Waals surface area contributed by atoms with Crippen LogP contribution in [-0.2, 0) is 30.7 Å². The Hall–Kier alpha value is -1.93. The third kappa shape index (κ3) is 3.28. The smallest absolute Gasteiger partial charge is 0.332 e. The van der Waals surface area contributed by atoms with Crippen LogP contribution in [0.4, 0.5) is 0 Å². The number of aromatic nitrogens is 2. The molecule has 0 amide bonds. The van der Waals surface area contributed by atoms with E-state index in [0.29, 0.717) is 29.2 Å². The Morgan fingerprint density at radius 1 is 1.32 bits per heavy atom. The summed E-state index contributed by atoms with van der Waals surface area (Å²) in [6.07, 6.45) is 2.77. The number of carboxylic acids is 1. The van der Waals surface area contributed by atoms with Crippen LogP contribution in [0.15, 0.2) is 9.59 Å². The lowest BCUT2D eigenvalue weighted by Crippen LogP contribution is -3.06. The van der Waals surface area contributed by atoms with E-state index in [0.717, 1.165) is 34.3 Å². The van der Waals surface area contributed by atoms with Crippen LogP contribution in [0.2, 0.25) is 0 Å². The number of quaternary nitrogens is 1. The van der Waals surface area contributed by atoms with E-state index in [1.807, 2.05) is 14.1 Å². The molecule has 1 atom stereocenters. The Kier molecular flexibility index (Phi) is 4.83. The van der Waals surface area contributed by atoms with Gasteiger partial charge in [-0.2, -0.15) is 0 Å². The van der Waals surface area contributed by atoms with Crippen LogP contribution in [0.3, 0.4) is 0 Å². The van der Waals surface area contributed by atoms with E-state index < -0.39 is 23.8 Å². The zero-order chi connectivity index (χ0) is 18.3. The van der Waals surface area contributed by atoms with Gasteiger partial charge in [-0.15, -0.1) is 11.3 Å². The van der Waals surface area contributed by atoms with Gasteiger partial charge in [0.2, 0.25) is 0 Å². The van der Waals surface area contributed by atoms with E-state index in [4.69, 9.17) is 0 Å². The molecule has 8 heteroatoms. The van der Waals surface area contributed by atoms with Crippen molar-refractivity contribution in [1.82, 2.24) is 9.13 Å². The van der Waals surface area contributed by atoms with Crippen molar-refractivity contribution in [2.45, 2.75) is 39.3 Å². The number of carbonyl (C=O) groups excluding carboxylic acids is 1. The van der Waals surface area contributed by atoms with Crippen LogP contribution in [0.1, 0.15) is 23.8 Å². The summed E-state index contributed by atoms with van der Waals surface area (Å²) in [5.41, 5.74) is -0.0550. The predicted molar refractivity (Wildman–Crippen MR) is 94.2 cm³/mol. The molecule has 1 aliphatic rings. The molecule has 1 aliphatic carbocycles. The molecule has 0 spiro atoms. The van der Waals surface area contributed by atoms with Crippen molar-refractivity contribution >= 4 is 27.5 Å². The topological polar surface area (TPSA) is 88.6 Å². The lowest BCUT2D eigenvalue weighted by molar-refractivity contribution is -0.858. The number of rotatable bonds is 5. The van der Waals surface area contributed by atoms with Crippen molar-refractivity contribution in [2.75, 3.05) is 20.6 Å². The number of nitrogens with one attached hydrogen (secondary N) is 1. The Bertz CT molecular complexity index is 938. The maximum absolute atomic E-state index is 12.9. The van der Waals surface area contributed by atoms with Gasteiger partial charge in [0.15, 0.2) is 0 Å². The monoisotopic (exact) mass is 365 g/mol. The fourth-order valence-electron chi connectivity index (χ4n) is 3.41. The normalized spacial score (nSPS) is 17.2. The number of nitrogens with zero attached hydrogens (tertiary/aromatic N) is 2. The number of carboxylic acid groups (broad SMARTS) is 1. The van der Waals surface area contributed by atoms with Gasteiger partial charge < -0.3 is 14.8 Å². The molecule has 0 aromatic carbocycles. The van der Waals surface area contributed by atoms with Gasteiger partial charge in [-0.25, -0.2) is 4.79 Å². The van der Waals surface area contributed by atoms with Crippen LogP contribution in [0.25, 0.3) is 10.2 Å². The summed E-state index contributed by atoms with van der Waals surface area (Å²) in [5.74, 6) is -0.952. The number of hydrogen-bond acceptors (Lipinski definition) is 5. The molecule has 0 saturated carbocycles. The van der Waals surface area contributed by atoms with Gasteiger partial charge in [-0.1, -0.05) is 6.92 Å². The standard InChI is InChI=1S/C17H23N3O4S/c1-10-4-5-12-11(8-10)14-15(23)20(9-13(21)22)17(24)19(16(14)25-12)7-6-18(2)3/h10H,4-9H2,1-3H3,(H,21,22)/t10-/m1/s1. The molecule has 3 rings (SSSR count). The highest BCUT2D eigenvalue weighted by molar-refractivity contribution is 7.18. The Labute approximate surface area is 149 Å². The quantitative estimate of drug-likeness (QED) is 0.680. The lowest BCUT2D eigenvalue weighted by Gasteiger charge is -2.18. The van der Waals surface area contributed by atoms with Crippen LogP contribution in [0, 0.1) is 5.92 Å². The summed E-state index contributed by atoms with van der Waals surface area (Å²) in [5, 5.41) is 11.6. The minimum absolute atomic E-state index is 0.444. The highest BCUT2D eigenvalue weighted by atomic mass is 32.1. The van der Waals surface area contributed by atoms with Gasteiger partial charge in [-0.3, -0.25) is 13.9 Å². The average Bonchev–Trinajstić information content (AvgIpc) is 2.89. The lowest BCUT2D eigenvalue weighted by atomic mass is 9.89. The van der Waals surface area contributed by atoms with Gasteiger partial charge in [0.05, 0.1) is 45.1 Å². The van der Waals surface area contributed by atoms with Crippen LogP contribution < -0.4 is 21.3 Å². The van der Waals surface area contributed by atoms with E-state index in [-0.39, 0.29) is 0 Å². The molecule has 2 aromatic rings. The number of carbonyl (C=O) groups is 1. The molecule has 0 saturated heterocycles. The minimum atomic E-state index is -1.43. The summed E-state index contributed by atoms with van der Waals surface area (Å²) in [6.45, 7) is 2.59. The molecule has 136 valence electrons. The summed E-state index contributed by atoms with van der Waals surface area (Å²) < 4.78 is 2.38. The van der Waals surface area contributed by atoms with Crippen molar-refractivity contribution in [2.24, 2.45) is 5.92 Å². The van der Waals surface area contributed by atoms with Crippen molar-refractivity contribution < 1.29 is 14.8 Å². The third-order valence-corrected chi connectivity index (χ3v) is 6.09. The van der Waals surface area contributed by atoms with E-state index in [9.17, 15) is 19.5 Å². The highest BCUT2D eigenvalue weighted by Crippen LogP contribution is 2.36. The first-order chi connectivity index (χ1) is 11.8. The van der Waals surface area contributed by atoms with Gasteiger partial charge in [0.25, 0.3) is 5.56 Å². The fraction of sp³-hybridized carbons (Fsp3) is 0.588. The Balaban J connectivity index is 2.30. The van der Waals surface area contributed by atoms with Gasteiger partial charge >= 0.3 is 5.69 Å². The van der Waals surface area contributed by atoms with Crippen LogP contribution in [0.5, 0.6) is 0 Å². The first kappa shape index (κ1) is 17.9. The highest BCUT2D eigenvalue weighted by Gasteiger charge is 2.26. The Morgan fingerprint density at radius 2 is 2.04 bits per heavy atom. The molecule has 0 fully saturated rings.